The first-order valence-corrected chi connectivity index (χ1v) is 6.89. The van der Waals surface area contributed by atoms with Crippen molar-refractivity contribution in [1.29, 1.82) is 0 Å². The Morgan fingerprint density at radius 2 is 1.57 bits per heavy atom. The molecular formula is C18H18O3. The fourth-order valence-electron chi connectivity index (χ4n) is 1.76. The third kappa shape index (κ3) is 5.60. The van der Waals surface area contributed by atoms with E-state index in [2.05, 4.69) is 11.8 Å². The van der Waals surface area contributed by atoms with Gasteiger partial charge in [-0.05, 0) is 30.3 Å². The second-order valence-corrected chi connectivity index (χ2v) is 4.35. The van der Waals surface area contributed by atoms with E-state index in [-0.39, 0.29) is 6.61 Å². The summed E-state index contributed by atoms with van der Waals surface area (Å²) in [5.41, 5.74) is 0.835. The number of aliphatic hydroxyl groups excluding tert-OH is 1. The lowest BCUT2D eigenvalue weighted by Gasteiger charge is -2.08. The molecule has 0 amide bonds. The molecular weight excluding hydrogens is 264 g/mol. The van der Waals surface area contributed by atoms with Gasteiger partial charge in [0.1, 0.15) is 18.1 Å². The van der Waals surface area contributed by atoms with Gasteiger partial charge in [0.15, 0.2) is 0 Å². The van der Waals surface area contributed by atoms with Gasteiger partial charge in [0.05, 0.1) is 13.2 Å². The molecule has 0 heterocycles. The van der Waals surface area contributed by atoms with Crippen LogP contribution in [0.4, 0.5) is 0 Å². The van der Waals surface area contributed by atoms with E-state index in [1.165, 1.54) is 0 Å². The minimum atomic E-state index is -0.137. The van der Waals surface area contributed by atoms with Crippen LogP contribution in [0.1, 0.15) is 12.0 Å². The molecule has 21 heavy (non-hydrogen) atoms. The van der Waals surface area contributed by atoms with Gasteiger partial charge in [0.25, 0.3) is 0 Å². The van der Waals surface area contributed by atoms with Crippen molar-refractivity contribution in [3.05, 3.63) is 60.2 Å². The Kier molecular flexibility index (Phi) is 6.18. The zero-order chi connectivity index (χ0) is 14.8. The maximum atomic E-state index is 8.67. The zero-order valence-corrected chi connectivity index (χ0v) is 11.8. The molecule has 0 fully saturated rings. The maximum absolute atomic E-state index is 8.67. The molecule has 2 aromatic rings. The highest BCUT2D eigenvalue weighted by Gasteiger charge is 1.96. The molecule has 0 atom stereocenters. The number of ether oxygens (including phenoxy) is 2. The molecule has 0 saturated heterocycles. The summed E-state index contributed by atoms with van der Waals surface area (Å²) in [6.45, 7) is 1.07. The smallest absolute Gasteiger partial charge is 0.120 e. The molecule has 3 nitrogen and oxygen atoms in total. The van der Waals surface area contributed by atoms with Crippen molar-refractivity contribution in [2.24, 2.45) is 0 Å². The van der Waals surface area contributed by atoms with E-state index in [4.69, 9.17) is 14.6 Å². The van der Waals surface area contributed by atoms with Crippen molar-refractivity contribution in [1.82, 2.24) is 0 Å². The third-order valence-electron chi connectivity index (χ3n) is 2.72. The standard InChI is InChI=1S/C18H18O3/c19-12-5-8-16-7-4-11-18(15-16)21-14-6-13-20-17-9-2-1-3-10-17/h1-4,7,9-11,15,19H,6,12-14H2. The zero-order valence-electron chi connectivity index (χ0n) is 11.8. The van der Waals surface area contributed by atoms with E-state index in [1.807, 2.05) is 54.6 Å². The van der Waals surface area contributed by atoms with Gasteiger partial charge in [-0.2, -0.15) is 0 Å². The van der Waals surface area contributed by atoms with Crippen LogP contribution in [0.3, 0.4) is 0 Å². The second-order valence-electron chi connectivity index (χ2n) is 4.35. The molecule has 2 aromatic carbocycles. The Labute approximate surface area is 125 Å². The van der Waals surface area contributed by atoms with Gasteiger partial charge in [-0.15, -0.1) is 0 Å². The summed E-state index contributed by atoms with van der Waals surface area (Å²) in [5, 5.41) is 8.67. The monoisotopic (exact) mass is 282 g/mol. The van der Waals surface area contributed by atoms with Gasteiger partial charge in [0, 0.05) is 12.0 Å². The molecule has 0 bridgehead atoms. The number of aliphatic hydroxyl groups is 1. The Morgan fingerprint density at radius 3 is 2.33 bits per heavy atom. The molecule has 0 unspecified atom stereocenters. The van der Waals surface area contributed by atoms with Gasteiger partial charge >= 0.3 is 0 Å². The fourth-order valence-corrected chi connectivity index (χ4v) is 1.76. The molecule has 0 radical (unpaired) electrons. The van der Waals surface area contributed by atoms with Crippen molar-refractivity contribution >= 4 is 0 Å². The van der Waals surface area contributed by atoms with Crippen LogP contribution in [0, 0.1) is 11.8 Å². The van der Waals surface area contributed by atoms with E-state index < -0.39 is 0 Å². The highest BCUT2D eigenvalue weighted by Crippen LogP contribution is 2.13. The van der Waals surface area contributed by atoms with E-state index in [0.29, 0.717) is 13.2 Å². The van der Waals surface area contributed by atoms with Crippen LogP contribution in [0.2, 0.25) is 0 Å². The highest BCUT2D eigenvalue weighted by molar-refractivity contribution is 5.39. The average molecular weight is 282 g/mol. The Balaban J connectivity index is 1.71. The van der Waals surface area contributed by atoms with Crippen LogP contribution < -0.4 is 9.47 Å². The summed E-state index contributed by atoms with van der Waals surface area (Å²) < 4.78 is 11.2. The number of rotatable bonds is 6. The summed E-state index contributed by atoms with van der Waals surface area (Å²) in [6, 6.07) is 17.3. The largest absolute Gasteiger partial charge is 0.493 e. The predicted molar refractivity (Wildman–Crippen MR) is 82.5 cm³/mol. The van der Waals surface area contributed by atoms with Gasteiger partial charge in [-0.3, -0.25) is 0 Å². The van der Waals surface area contributed by atoms with E-state index in [9.17, 15) is 0 Å². The minimum absolute atomic E-state index is 0.137. The van der Waals surface area contributed by atoms with Gasteiger partial charge in [-0.1, -0.05) is 36.1 Å². The number of benzene rings is 2. The molecule has 0 spiro atoms. The van der Waals surface area contributed by atoms with Crippen LogP contribution in [-0.4, -0.2) is 24.9 Å². The molecule has 1 N–H and O–H groups in total. The lowest BCUT2D eigenvalue weighted by Crippen LogP contribution is -2.04. The van der Waals surface area contributed by atoms with Crippen molar-refractivity contribution in [3.8, 4) is 23.3 Å². The summed E-state index contributed by atoms with van der Waals surface area (Å²) in [4.78, 5) is 0. The summed E-state index contributed by atoms with van der Waals surface area (Å²) in [7, 11) is 0. The second kappa shape index (κ2) is 8.68. The van der Waals surface area contributed by atoms with Crippen molar-refractivity contribution < 1.29 is 14.6 Å². The van der Waals surface area contributed by atoms with Crippen LogP contribution >= 0.6 is 0 Å². The highest BCUT2D eigenvalue weighted by atomic mass is 16.5. The van der Waals surface area contributed by atoms with Crippen LogP contribution in [0.15, 0.2) is 54.6 Å². The predicted octanol–water partition coefficient (Wildman–Crippen LogP) is 2.88. The van der Waals surface area contributed by atoms with Gasteiger partial charge < -0.3 is 14.6 Å². The Bertz CT molecular complexity index is 597. The molecule has 2 rings (SSSR count). The maximum Gasteiger partial charge on any atom is 0.120 e. The van der Waals surface area contributed by atoms with Crippen LogP contribution in [0.5, 0.6) is 11.5 Å². The minimum Gasteiger partial charge on any atom is -0.493 e. The first kappa shape index (κ1) is 15.0. The summed E-state index contributed by atoms with van der Waals surface area (Å²) >= 11 is 0. The van der Waals surface area contributed by atoms with Crippen molar-refractivity contribution in [3.63, 3.8) is 0 Å². The molecule has 0 aliphatic rings. The number of hydrogen-bond acceptors (Lipinski definition) is 3. The number of para-hydroxylation sites is 1. The van der Waals surface area contributed by atoms with E-state index in [1.54, 1.807) is 0 Å². The molecule has 0 saturated carbocycles. The molecule has 108 valence electrons. The average Bonchev–Trinajstić information content (AvgIpc) is 2.54. The fraction of sp³-hybridized carbons (Fsp3) is 0.222. The lowest BCUT2D eigenvalue weighted by atomic mass is 10.2. The third-order valence-corrected chi connectivity index (χ3v) is 2.72. The molecule has 0 aliphatic heterocycles. The van der Waals surface area contributed by atoms with Crippen LogP contribution in [-0.2, 0) is 0 Å². The lowest BCUT2D eigenvalue weighted by molar-refractivity contribution is 0.247. The molecule has 0 aliphatic carbocycles. The topological polar surface area (TPSA) is 38.7 Å². The van der Waals surface area contributed by atoms with Crippen molar-refractivity contribution in [2.45, 2.75) is 6.42 Å². The quantitative estimate of drug-likeness (QED) is 0.654. The van der Waals surface area contributed by atoms with E-state index >= 15 is 0 Å². The Morgan fingerprint density at radius 1 is 0.857 bits per heavy atom. The first-order chi connectivity index (χ1) is 10.4. The van der Waals surface area contributed by atoms with E-state index in [0.717, 1.165) is 23.5 Å². The summed E-state index contributed by atoms with van der Waals surface area (Å²) in [5.74, 6) is 7.12. The summed E-state index contributed by atoms with van der Waals surface area (Å²) in [6.07, 6.45) is 0.807. The van der Waals surface area contributed by atoms with Gasteiger partial charge in [-0.25, -0.2) is 0 Å². The Hall–Kier alpha value is -2.44. The van der Waals surface area contributed by atoms with Gasteiger partial charge in [0.2, 0.25) is 0 Å². The first-order valence-electron chi connectivity index (χ1n) is 6.89. The molecule has 3 heteroatoms. The normalized spacial score (nSPS) is 9.57. The molecule has 0 aromatic heterocycles. The van der Waals surface area contributed by atoms with Crippen molar-refractivity contribution in [2.75, 3.05) is 19.8 Å². The SMILES string of the molecule is OCC#Cc1cccc(OCCCOc2ccccc2)c1. The van der Waals surface area contributed by atoms with Crippen LogP contribution in [0.25, 0.3) is 0 Å². The number of hydrogen-bond donors (Lipinski definition) is 1.